The van der Waals surface area contributed by atoms with Gasteiger partial charge in [0.2, 0.25) is 5.82 Å². The van der Waals surface area contributed by atoms with Crippen LogP contribution in [0, 0.1) is 29.1 Å². The van der Waals surface area contributed by atoms with Crippen molar-refractivity contribution in [1.29, 1.82) is 0 Å². The highest BCUT2D eigenvalue weighted by molar-refractivity contribution is 7.81. The minimum atomic E-state index is -2.15. The average Bonchev–Trinajstić information content (AvgIpc) is 2.22. The van der Waals surface area contributed by atoms with E-state index in [4.69, 9.17) is 0 Å². The monoisotopic (exact) mass is 284 g/mol. The normalized spacial score (nSPS) is 13.0. The molecular weight excluding hydrogens is 271 g/mol. The fourth-order valence-electron chi connectivity index (χ4n) is 1.46. The van der Waals surface area contributed by atoms with Crippen molar-refractivity contribution in [2.45, 2.75) is 37.9 Å². The second kappa shape index (κ2) is 4.40. The summed E-state index contributed by atoms with van der Waals surface area (Å²) in [7, 11) is 0. The topological polar surface area (TPSA) is 0 Å². The number of halogens is 5. The second-order valence-electron chi connectivity index (χ2n) is 5.13. The van der Waals surface area contributed by atoms with E-state index < -0.39 is 44.8 Å². The SMILES string of the molecule is CC(C)(S)C(C)(C)c1c(F)c(F)c(F)c(F)c1F. The van der Waals surface area contributed by atoms with E-state index in [-0.39, 0.29) is 0 Å². The van der Waals surface area contributed by atoms with E-state index in [1.165, 1.54) is 27.7 Å². The third kappa shape index (κ3) is 2.11. The highest BCUT2D eigenvalue weighted by Crippen LogP contribution is 2.42. The molecule has 1 aromatic carbocycles. The van der Waals surface area contributed by atoms with E-state index in [2.05, 4.69) is 12.6 Å². The fraction of sp³-hybridized carbons (Fsp3) is 0.500. The maximum Gasteiger partial charge on any atom is 0.200 e. The zero-order chi connectivity index (χ0) is 14.5. The van der Waals surface area contributed by atoms with Crippen molar-refractivity contribution in [2.75, 3.05) is 0 Å². The van der Waals surface area contributed by atoms with Crippen molar-refractivity contribution < 1.29 is 22.0 Å². The van der Waals surface area contributed by atoms with Crippen LogP contribution >= 0.6 is 12.6 Å². The van der Waals surface area contributed by atoms with Crippen molar-refractivity contribution in [3.05, 3.63) is 34.6 Å². The van der Waals surface area contributed by atoms with Gasteiger partial charge in [0, 0.05) is 15.7 Å². The lowest BCUT2D eigenvalue weighted by Gasteiger charge is -2.38. The summed E-state index contributed by atoms with van der Waals surface area (Å²) in [5.74, 6) is -9.64. The van der Waals surface area contributed by atoms with Crippen molar-refractivity contribution in [2.24, 2.45) is 0 Å². The summed E-state index contributed by atoms with van der Waals surface area (Å²) in [5.41, 5.74) is -2.20. The van der Waals surface area contributed by atoms with Crippen LogP contribution in [0.25, 0.3) is 0 Å². The smallest absolute Gasteiger partial charge is 0.200 e. The molecule has 0 aromatic heterocycles. The van der Waals surface area contributed by atoms with Crippen LogP contribution in [0.5, 0.6) is 0 Å². The lowest BCUT2D eigenvalue weighted by atomic mass is 9.73. The quantitative estimate of drug-likeness (QED) is 0.354. The molecule has 0 aliphatic heterocycles. The first-order chi connectivity index (χ1) is 7.93. The molecule has 0 atom stereocenters. The third-order valence-electron chi connectivity index (χ3n) is 3.36. The molecule has 0 heterocycles. The molecule has 0 fully saturated rings. The van der Waals surface area contributed by atoms with E-state index >= 15 is 0 Å². The van der Waals surface area contributed by atoms with Gasteiger partial charge in [-0.3, -0.25) is 0 Å². The Hall–Kier alpha value is -0.780. The van der Waals surface area contributed by atoms with Crippen LogP contribution in [0.2, 0.25) is 0 Å². The van der Waals surface area contributed by atoms with Crippen LogP contribution < -0.4 is 0 Å². The predicted octanol–water partition coefficient (Wildman–Crippen LogP) is 4.37. The van der Waals surface area contributed by atoms with Crippen molar-refractivity contribution in [3.63, 3.8) is 0 Å². The molecule has 0 amide bonds. The standard InChI is InChI=1S/C12H13F5S/c1-11(2,12(3,4)18)5-6(13)8(15)10(17)9(16)7(5)14/h18H,1-4H3. The molecule has 0 nitrogen and oxygen atoms in total. The largest absolute Gasteiger partial charge is 0.203 e. The summed E-state index contributed by atoms with van der Waals surface area (Å²) >= 11 is 4.16. The average molecular weight is 284 g/mol. The highest BCUT2D eigenvalue weighted by atomic mass is 32.1. The Bertz CT molecular complexity index is 459. The van der Waals surface area contributed by atoms with Crippen LogP contribution in [0.15, 0.2) is 0 Å². The van der Waals surface area contributed by atoms with Crippen molar-refractivity contribution in [1.82, 2.24) is 0 Å². The van der Waals surface area contributed by atoms with Gasteiger partial charge >= 0.3 is 0 Å². The molecule has 0 unspecified atom stereocenters. The molecule has 0 N–H and O–H groups in total. The Kier molecular flexibility index (Phi) is 3.74. The van der Waals surface area contributed by atoms with E-state index in [1.807, 2.05) is 0 Å². The van der Waals surface area contributed by atoms with Crippen LogP contribution in [-0.4, -0.2) is 4.75 Å². The summed E-state index contributed by atoms with van der Waals surface area (Å²) in [6, 6.07) is 0. The van der Waals surface area contributed by atoms with Gasteiger partial charge in [-0.05, 0) is 0 Å². The van der Waals surface area contributed by atoms with Gasteiger partial charge in [0.25, 0.3) is 0 Å². The molecule has 0 aliphatic rings. The van der Waals surface area contributed by atoms with Gasteiger partial charge in [-0.25, -0.2) is 22.0 Å². The van der Waals surface area contributed by atoms with Gasteiger partial charge < -0.3 is 0 Å². The number of benzene rings is 1. The minimum Gasteiger partial charge on any atom is -0.203 e. The molecule has 1 aromatic rings. The molecule has 18 heavy (non-hydrogen) atoms. The molecule has 1 rings (SSSR count). The van der Waals surface area contributed by atoms with E-state index in [1.54, 1.807) is 0 Å². The van der Waals surface area contributed by atoms with E-state index in [9.17, 15) is 22.0 Å². The molecule has 102 valence electrons. The summed E-state index contributed by atoms with van der Waals surface area (Å²) in [4.78, 5) is 0. The molecule has 0 saturated heterocycles. The van der Waals surface area contributed by atoms with E-state index in [0.29, 0.717) is 0 Å². The summed E-state index contributed by atoms with van der Waals surface area (Å²) < 4.78 is 65.6. The van der Waals surface area contributed by atoms with Gasteiger partial charge in [-0.1, -0.05) is 27.7 Å². The van der Waals surface area contributed by atoms with Gasteiger partial charge in [0.1, 0.15) is 0 Å². The van der Waals surface area contributed by atoms with Crippen LogP contribution in [0.4, 0.5) is 22.0 Å². The molecule has 0 spiro atoms. The first-order valence-corrected chi connectivity index (χ1v) is 5.62. The van der Waals surface area contributed by atoms with Crippen LogP contribution in [0.3, 0.4) is 0 Å². The summed E-state index contributed by atoms with van der Waals surface area (Å²) in [5, 5.41) is 0. The first kappa shape index (κ1) is 15.3. The summed E-state index contributed by atoms with van der Waals surface area (Å²) in [6.07, 6.45) is 0. The van der Waals surface area contributed by atoms with Crippen LogP contribution in [-0.2, 0) is 5.41 Å². The van der Waals surface area contributed by atoms with Crippen molar-refractivity contribution in [3.8, 4) is 0 Å². The van der Waals surface area contributed by atoms with Gasteiger partial charge in [0.05, 0.1) is 0 Å². The Morgan fingerprint density at radius 2 is 0.944 bits per heavy atom. The Labute approximate surface area is 108 Å². The maximum atomic E-state index is 13.7. The lowest BCUT2D eigenvalue weighted by Crippen LogP contribution is -2.40. The number of rotatable bonds is 2. The Morgan fingerprint density at radius 3 is 1.22 bits per heavy atom. The fourth-order valence-corrected chi connectivity index (χ4v) is 1.57. The minimum absolute atomic E-state index is 0.848. The molecule has 0 bridgehead atoms. The molecule has 0 aliphatic carbocycles. The van der Waals surface area contributed by atoms with Gasteiger partial charge in [-0.2, -0.15) is 12.6 Å². The first-order valence-electron chi connectivity index (χ1n) is 5.17. The lowest BCUT2D eigenvalue weighted by molar-refractivity contribution is 0.324. The zero-order valence-corrected chi connectivity index (χ0v) is 11.2. The van der Waals surface area contributed by atoms with Crippen LogP contribution in [0.1, 0.15) is 33.3 Å². The Morgan fingerprint density at radius 1 is 0.667 bits per heavy atom. The van der Waals surface area contributed by atoms with Gasteiger partial charge in [-0.15, -0.1) is 0 Å². The van der Waals surface area contributed by atoms with Gasteiger partial charge in [0.15, 0.2) is 23.3 Å². The number of hydrogen-bond donors (Lipinski definition) is 1. The number of hydrogen-bond acceptors (Lipinski definition) is 1. The highest BCUT2D eigenvalue weighted by Gasteiger charge is 2.42. The van der Waals surface area contributed by atoms with Crippen molar-refractivity contribution >= 4 is 12.6 Å². The third-order valence-corrected chi connectivity index (χ3v) is 3.92. The maximum absolute atomic E-state index is 13.7. The Balaban J connectivity index is 3.72. The van der Waals surface area contributed by atoms with E-state index in [0.717, 1.165) is 0 Å². The molecular formula is C12H13F5S. The second-order valence-corrected chi connectivity index (χ2v) is 6.25. The molecule has 6 heteroatoms. The molecule has 0 radical (unpaired) electrons. The predicted molar refractivity (Wildman–Crippen MR) is 62.3 cm³/mol. The molecule has 0 saturated carbocycles. The number of thiol groups is 1. The zero-order valence-electron chi connectivity index (χ0n) is 10.3. The summed E-state index contributed by atoms with van der Waals surface area (Å²) in [6.45, 7) is 5.82.